The second-order valence-corrected chi connectivity index (χ2v) is 11.1. The molecule has 2 fully saturated rings. The summed E-state index contributed by atoms with van der Waals surface area (Å²) in [5.41, 5.74) is 3.87. The summed E-state index contributed by atoms with van der Waals surface area (Å²) in [6.45, 7) is 4.37. The third-order valence-corrected chi connectivity index (χ3v) is 8.27. The van der Waals surface area contributed by atoms with E-state index in [-0.39, 0.29) is 18.3 Å². The standard InChI is InChI=1S/C29H33FN6O3/c1-33-11-9-29(10-12-33)18-35(19-29)23-7-8-26-25(14-23)34(2)27(37)24(17-39-26)32-28(38)36-16-21(15-31-36)13-20-3-5-22(30)6-4-20/h3-8,14-16,24H,9-13,17-19H2,1-2H3,(H,32,38). The van der Waals surface area contributed by atoms with Gasteiger partial charge in [0.2, 0.25) is 0 Å². The highest BCUT2D eigenvalue weighted by Gasteiger charge is 2.44. The number of piperidine rings is 1. The minimum absolute atomic E-state index is 0.0192. The van der Waals surface area contributed by atoms with E-state index in [1.807, 2.05) is 18.2 Å². The number of likely N-dealkylation sites (N-methyl/N-ethyl adjacent to an activating group) is 1. The van der Waals surface area contributed by atoms with Crippen LogP contribution in [0.15, 0.2) is 54.9 Å². The zero-order valence-electron chi connectivity index (χ0n) is 22.3. The van der Waals surface area contributed by atoms with Crippen molar-refractivity contribution < 1.29 is 18.7 Å². The normalized spacial score (nSPS) is 20.7. The Morgan fingerprint density at radius 2 is 1.85 bits per heavy atom. The van der Waals surface area contributed by atoms with Crippen molar-refractivity contribution in [3.8, 4) is 5.75 Å². The summed E-state index contributed by atoms with van der Waals surface area (Å²) < 4.78 is 20.3. The van der Waals surface area contributed by atoms with Crippen LogP contribution in [0, 0.1) is 11.2 Å². The van der Waals surface area contributed by atoms with Gasteiger partial charge in [0.1, 0.15) is 24.2 Å². The van der Waals surface area contributed by atoms with E-state index in [4.69, 9.17) is 4.74 Å². The highest BCUT2D eigenvalue weighted by molar-refractivity contribution is 6.01. The monoisotopic (exact) mass is 532 g/mol. The highest BCUT2D eigenvalue weighted by Crippen LogP contribution is 2.44. The molecule has 1 unspecified atom stereocenters. The molecular weight excluding hydrogens is 499 g/mol. The van der Waals surface area contributed by atoms with Crippen molar-refractivity contribution in [1.82, 2.24) is 20.0 Å². The first kappa shape index (κ1) is 25.4. The van der Waals surface area contributed by atoms with E-state index in [2.05, 4.69) is 27.3 Å². The smallest absolute Gasteiger partial charge is 0.342 e. The predicted molar refractivity (Wildman–Crippen MR) is 146 cm³/mol. The van der Waals surface area contributed by atoms with Crippen LogP contribution in [0.25, 0.3) is 0 Å². The zero-order chi connectivity index (χ0) is 27.1. The van der Waals surface area contributed by atoms with Crippen molar-refractivity contribution in [2.24, 2.45) is 5.41 Å². The van der Waals surface area contributed by atoms with Gasteiger partial charge in [0.15, 0.2) is 0 Å². The third kappa shape index (κ3) is 5.08. The Morgan fingerprint density at radius 1 is 1.10 bits per heavy atom. The van der Waals surface area contributed by atoms with Crippen molar-refractivity contribution in [1.29, 1.82) is 0 Å². The first-order valence-corrected chi connectivity index (χ1v) is 13.4. The second-order valence-electron chi connectivity index (χ2n) is 11.1. The fourth-order valence-electron chi connectivity index (χ4n) is 5.76. The Labute approximate surface area is 227 Å². The van der Waals surface area contributed by atoms with Crippen molar-refractivity contribution >= 4 is 23.3 Å². The number of halogens is 1. The molecule has 204 valence electrons. The maximum absolute atomic E-state index is 13.3. The van der Waals surface area contributed by atoms with E-state index in [1.165, 1.54) is 29.7 Å². The average molecular weight is 533 g/mol. The van der Waals surface area contributed by atoms with Gasteiger partial charge in [-0.15, -0.1) is 0 Å². The molecule has 0 aliphatic carbocycles. The number of carbonyl (C=O) groups excluding carboxylic acids is 2. The van der Waals surface area contributed by atoms with Crippen molar-refractivity contribution in [3.63, 3.8) is 0 Å². The molecule has 3 aliphatic heterocycles. The lowest BCUT2D eigenvalue weighted by atomic mass is 9.72. The van der Waals surface area contributed by atoms with Crippen LogP contribution in [0.2, 0.25) is 0 Å². The molecule has 0 saturated carbocycles. The van der Waals surface area contributed by atoms with Crippen LogP contribution in [0.3, 0.4) is 0 Å². The summed E-state index contributed by atoms with van der Waals surface area (Å²) in [6, 6.07) is 10.8. The van der Waals surface area contributed by atoms with E-state index in [9.17, 15) is 14.0 Å². The molecule has 1 aromatic heterocycles. The summed E-state index contributed by atoms with van der Waals surface area (Å²) in [6.07, 6.45) is 6.14. The summed E-state index contributed by atoms with van der Waals surface area (Å²) >= 11 is 0. The molecule has 1 N–H and O–H groups in total. The van der Waals surface area contributed by atoms with Crippen LogP contribution in [0.5, 0.6) is 5.75 Å². The van der Waals surface area contributed by atoms with E-state index < -0.39 is 12.1 Å². The Bertz CT molecular complexity index is 1370. The van der Waals surface area contributed by atoms with E-state index >= 15 is 0 Å². The number of carbonyl (C=O) groups is 2. The number of benzene rings is 2. The molecule has 2 aromatic carbocycles. The van der Waals surface area contributed by atoms with Gasteiger partial charge in [-0.3, -0.25) is 4.79 Å². The van der Waals surface area contributed by atoms with Gasteiger partial charge >= 0.3 is 6.03 Å². The first-order chi connectivity index (χ1) is 18.8. The minimum Gasteiger partial charge on any atom is -0.489 e. The van der Waals surface area contributed by atoms with Crippen LogP contribution >= 0.6 is 0 Å². The summed E-state index contributed by atoms with van der Waals surface area (Å²) in [5, 5.41) is 6.90. The molecular formula is C29H33FN6O3. The van der Waals surface area contributed by atoms with E-state index in [0.717, 1.165) is 43.0 Å². The quantitative estimate of drug-likeness (QED) is 0.556. The molecule has 39 heavy (non-hydrogen) atoms. The number of ether oxygens (including phenoxy) is 1. The predicted octanol–water partition coefficient (Wildman–Crippen LogP) is 3.13. The number of aromatic nitrogens is 2. The minimum atomic E-state index is -0.866. The van der Waals surface area contributed by atoms with Crippen LogP contribution in [-0.4, -0.2) is 79.5 Å². The number of rotatable bonds is 4. The van der Waals surface area contributed by atoms with Gasteiger partial charge in [0.25, 0.3) is 5.91 Å². The molecule has 2 saturated heterocycles. The number of nitrogens with one attached hydrogen (secondary N) is 1. The van der Waals surface area contributed by atoms with Gasteiger partial charge in [-0.2, -0.15) is 9.78 Å². The SMILES string of the molecule is CN1CCC2(CC1)CN(c1ccc3c(c1)N(C)C(=O)C(NC(=O)n1cc(Cc4ccc(F)cc4)cn1)CO3)C2. The van der Waals surface area contributed by atoms with Gasteiger partial charge in [0.05, 0.1) is 11.9 Å². The molecule has 10 heteroatoms. The molecule has 1 spiro atoms. The van der Waals surface area contributed by atoms with Crippen molar-refractivity contribution in [2.75, 3.05) is 56.7 Å². The Morgan fingerprint density at radius 3 is 2.59 bits per heavy atom. The largest absolute Gasteiger partial charge is 0.489 e. The fraction of sp³-hybridized carbons (Fsp3) is 0.414. The van der Waals surface area contributed by atoms with E-state index in [0.29, 0.717) is 23.3 Å². The maximum Gasteiger partial charge on any atom is 0.342 e. The third-order valence-electron chi connectivity index (χ3n) is 8.27. The molecule has 4 heterocycles. The molecule has 0 radical (unpaired) electrons. The molecule has 9 nitrogen and oxygen atoms in total. The summed E-state index contributed by atoms with van der Waals surface area (Å²) in [4.78, 5) is 32.6. The fourth-order valence-corrected chi connectivity index (χ4v) is 5.76. The Balaban J connectivity index is 1.09. The molecule has 3 aliphatic rings. The zero-order valence-corrected chi connectivity index (χ0v) is 22.3. The van der Waals surface area contributed by atoms with Crippen LogP contribution in [0.1, 0.15) is 24.0 Å². The van der Waals surface area contributed by atoms with Crippen molar-refractivity contribution in [3.05, 3.63) is 71.8 Å². The number of nitrogens with zero attached hydrogens (tertiary/aromatic N) is 5. The maximum atomic E-state index is 13.3. The lowest BCUT2D eigenvalue weighted by Gasteiger charge is -2.54. The second kappa shape index (κ2) is 10.00. The Hall–Kier alpha value is -3.92. The molecule has 6 rings (SSSR count). The van der Waals surface area contributed by atoms with Gasteiger partial charge in [-0.05, 0) is 74.4 Å². The molecule has 0 bridgehead atoms. The average Bonchev–Trinajstić information content (AvgIpc) is 3.35. The van der Waals surface area contributed by atoms with Crippen LogP contribution < -0.4 is 19.9 Å². The lowest BCUT2D eigenvalue weighted by molar-refractivity contribution is -0.120. The van der Waals surface area contributed by atoms with Crippen LogP contribution in [-0.2, 0) is 11.2 Å². The van der Waals surface area contributed by atoms with Gasteiger partial charge in [-0.25, -0.2) is 9.18 Å². The molecule has 3 aromatic rings. The number of anilines is 2. The first-order valence-electron chi connectivity index (χ1n) is 13.4. The number of hydrogen-bond acceptors (Lipinski definition) is 6. The molecule has 2 amide bonds. The van der Waals surface area contributed by atoms with Gasteiger partial charge in [0, 0.05) is 43.9 Å². The Kier molecular flexibility index (Phi) is 6.50. The molecule has 1 atom stereocenters. The summed E-state index contributed by atoms with van der Waals surface area (Å²) in [5.74, 6) is 0.0592. The number of amides is 2. The van der Waals surface area contributed by atoms with Crippen LogP contribution in [0.4, 0.5) is 20.6 Å². The van der Waals surface area contributed by atoms with E-state index in [1.54, 1.807) is 36.5 Å². The number of likely N-dealkylation sites (tertiary alicyclic amines) is 1. The van der Waals surface area contributed by atoms with Gasteiger partial charge in [-0.1, -0.05) is 12.1 Å². The highest BCUT2D eigenvalue weighted by atomic mass is 19.1. The lowest BCUT2D eigenvalue weighted by Crippen LogP contribution is -2.60. The topological polar surface area (TPSA) is 82.9 Å². The number of hydrogen-bond donors (Lipinski definition) is 1. The van der Waals surface area contributed by atoms with Crippen molar-refractivity contribution in [2.45, 2.75) is 25.3 Å². The number of fused-ring (bicyclic) bond motifs is 1. The summed E-state index contributed by atoms with van der Waals surface area (Å²) in [7, 11) is 3.89. The van der Waals surface area contributed by atoms with Gasteiger partial charge < -0.3 is 24.8 Å².